The molecule has 4 nitrogen and oxygen atoms in total. The van der Waals surface area contributed by atoms with Gasteiger partial charge in [0, 0.05) is 6.07 Å². The zero-order valence-corrected chi connectivity index (χ0v) is 8.08. The molecule has 1 aromatic heterocycles. The number of hydrogen-bond donors (Lipinski definition) is 0. The minimum Gasteiger partial charge on any atom is -0.258 e. The van der Waals surface area contributed by atoms with Gasteiger partial charge in [0.25, 0.3) is 5.69 Å². The van der Waals surface area contributed by atoms with Crippen molar-refractivity contribution in [3.05, 3.63) is 33.1 Å². The molecule has 1 heterocycles. The van der Waals surface area contributed by atoms with E-state index in [1.165, 1.54) is 12.1 Å². The van der Waals surface area contributed by atoms with E-state index in [1.54, 1.807) is 0 Å². The van der Waals surface area contributed by atoms with Gasteiger partial charge in [0.2, 0.25) is 0 Å². The molecule has 0 aliphatic carbocycles. The van der Waals surface area contributed by atoms with Crippen LogP contribution in [0.25, 0.3) is 0 Å². The van der Waals surface area contributed by atoms with Gasteiger partial charge >= 0.3 is 0 Å². The van der Waals surface area contributed by atoms with Crippen molar-refractivity contribution in [3.63, 3.8) is 0 Å². The average Bonchev–Trinajstić information content (AvgIpc) is 2.03. The number of hydrogen-bond acceptors (Lipinski definition) is 3. The highest BCUT2D eigenvalue weighted by Crippen LogP contribution is 2.21. The third kappa shape index (κ3) is 2.39. The third-order valence-corrected chi connectivity index (χ3v) is 1.79. The first-order chi connectivity index (χ1) is 6.00. The molecule has 0 amide bonds. The minimum absolute atomic E-state index is 0.0105. The zero-order valence-electron chi connectivity index (χ0n) is 7.32. The highest BCUT2D eigenvalue weighted by atomic mass is 35.5. The molecular formula is C8H9ClN2O2. The molecule has 0 atom stereocenters. The van der Waals surface area contributed by atoms with Crippen LogP contribution in [0.15, 0.2) is 12.1 Å². The summed E-state index contributed by atoms with van der Waals surface area (Å²) >= 11 is 5.62. The Labute approximate surface area is 80.7 Å². The average molecular weight is 201 g/mol. The topological polar surface area (TPSA) is 56.0 Å². The molecule has 70 valence electrons. The summed E-state index contributed by atoms with van der Waals surface area (Å²) < 4.78 is 0. The predicted molar refractivity (Wildman–Crippen MR) is 50.0 cm³/mol. The van der Waals surface area contributed by atoms with E-state index < -0.39 is 4.92 Å². The molecule has 0 unspecified atom stereocenters. The van der Waals surface area contributed by atoms with E-state index in [0.29, 0.717) is 5.69 Å². The number of rotatable bonds is 2. The second-order valence-corrected chi connectivity index (χ2v) is 3.37. The Bertz CT molecular complexity index is 339. The lowest BCUT2D eigenvalue weighted by Gasteiger charge is -2.03. The van der Waals surface area contributed by atoms with Crippen LogP contribution in [0.4, 0.5) is 5.69 Å². The summed E-state index contributed by atoms with van der Waals surface area (Å²) in [5.74, 6) is 0.136. The van der Waals surface area contributed by atoms with Crippen LogP contribution >= 0.6 is 11.6 Å². The van der Waals surface area contributed by atoms with Crippen molar-refractivity contribution in [1.82, 2.24) is 4.98 Å². The Morgan fingerprint density at radius 3 is 2.62 bits per heavy atom. The molecule has 0 saturated carbocycles. The molecule has 5 heteroatoms. The van der Waals surface area contributed by atoms with Crippen LogP contribution in [-0.2, 0) is 0 Å². The highest BCUT2D eigenvalue weighted by molar-refractivity contribution is 6.29. The second-order valence-electron chi connectivity index (χ2n) is 2.98. The number of halogens is 1. The Morgan fingerprint density at radius 2 is 2.15 bits per heavy atom. The number of aromatic nitrogens is 1. The lowest BCUT2D eigenvalue weighted by molar-refractivity contribution is -0.385. The van der Waals surface area contributed by atoms with Crippen molar-refractivity contribution in [3.8, 4) is 0 Å². The van der Waals surface area contributed by atoms with Crippen molar-refractivity contribution in [2.45, 2.75) is 19.8 Å². The van der Waals surface area contributed by atoms with Crippen molar-refractivity contribution >= 4 is 17.3 Å². The van der Waals surface area contributed by atoms with Crippen molar-refractivity contribution in [2.75, 3.05) is 0 Å². The fraction of sp³-hybridized carbons (Fsp3) is 0.375. The Hall–Kier alpha value is -1.16. The van der Waals surface area contributed by atoms with Gasteiger partial charge < -0.3 is 0 Å². The summed E-state index contributed by atoms with van der Waals surface area (Å²) in [6.07, 6.45) is 0. The summed E-state index contributed by atoms with van der Waals surface area (Å²) in [7, 11) is 0. The molecular weight excluding hydrogens is 192 g/mol. The van der Waals surface area contributed by atoms with Gasteiger partial charge in [0.1, 0.15) is 5.15 Å². The maximum absolute atomic E-state index is 10.4. The summed E-state index contributed by atoms with van der Waals surface area (Å²) in [5.41, 5.74) is 0.628. The SMILES string of the molecule is CC(C)c1cc([N+](=O)[O-])cc(Cl)n1. The predicted octanol–water partition coefficient (Wildman–Crippen LogP) is 2.77. The number of nitrogens with zero attached hydrogens (tertiary/aromatic N) is 2. The quantitative estimate of drug-likeness (QED) is 0.419. The van der Waals surface area contributed by atoms with Crippen LogP contribution in [0.2, 0.25) is 5.15 Å². The first kappa shape index (κ1) is 9.92. The monoisotopic (exact) mass is 200 g/mol. The van der Waals surface area contributed by atoms with Crippen LogP contribution in [-0.4, -0.2) is 9.91 Å². The summed E-state index contributed by atoms with van der Waals surface area (Å²) in [6, 6.07) is 2.68. The van der Waals surface area contributed by atoms with E-state index in [9.17, 15) is 10.1 Å². The van der Waals surface area contributed by atoms with Gasteiger partial charge in [-0.1, -0.05) is 25.4 Å². The maximum atomic E-state index is 10.4. The number of pyridine rings is 1. The second kappa shape index (κ2) is 3.70. The first-order valence-corrected chi connectivity index (χ1v) is 4.20. The highest BCUT2D eigenvalue weighted by Gasteiger charge is 2.11. The van der Waals surface area contributed by atoms with E-state index >= 15 is 0 Å². The molecule has 1 rings (SSSR count). The summed E-state index contributed by atoms with van der Waals surface area (Å²) in [5, 5.41) is 10.6. The van der Waals surface area contributed by atoms with Gasteiger partial charge in [0.15, 0.2) is 0 Å². The Balaban J connectivity index is 3.19. The van der Waals surface area contributed by atoms with Crippen LogP contribution in [0.3, 0.4) is 0 Å². The zero-order chi connectivity index (χ0) is 10.0. The van der Waals surface area contributed by atoms with Crippen molar-refractivity contribution in [1.29, 1.82) is 0 Å². The van der Waals surface area contributed by atoms with Gasteiger partial charge in [0.05, 0.1) is 16.7 Å². The molecule has 13 heavy (non-hydrogen) atoms. The lowest BCUT2D eigenvalue weighted by Crippen LogP contribution is -1.96. The minimum atomic E-state index is -0.473. The van der Waals surface area contributed by atoms with Gasteiger partial charge in [-0.3, -0.25) is 10.1 Å². The fourth-order valence-electron chi connectivity index (χ4n) is 0.904. The van der Waals surface area contributed by atoms with E-state index in [2.05, 4.69) is 4.98 Å². The molecule has 0 bridgehead atoms. The van der Waals surface area contributed by atoms with Crippen LogP contribution in [0.5, 0.6) is 0 Å². The summed E-state index contributed by atoms with van der Waals surface area (Å²) in [4.78, 5) is 14.0. The van der Waals surface area contributed by atoms with Gasteiger partial charge in [-0.2, -0.15) is 0 Å². The Kier molecular flexibility index (Phi) is 2.83. The molecule has 0 spiro atoms. The standard InChI is InChI=1S/C8H9ClN2O2/c1-5(2)7-3-6(11(12)13)4-8(9)10-7/h3-5H,1-2H3. The van der Waals surface area contributed by atoms with Crippen LogP contribution in [0, 0.1) is 10.1 Å². The van der Waals surface area contributed by atoms with Crippen LogP contribution in [0.1, 0.15) is 25.5 Å². The van der Waals surface area contributed by atoms with Crippen molar-refractivity contribution < 1.29 is 4.92 Å². The molecule has 0 aliphatic heterocycles. The first-order valence-electron chi connectivity index (χ1n) is 3.82. The Morgan fingerprint density at radius 1 is 1.54 bits per heavy atom. The van der Waals surface area contributed by atoms with Gasteiger partial charge in [-0.15, -0.1) is 0 Å². The molecule has 0 N–H and O–H groups in total. The molecule has 0 aromatic carbocycles. The van der Waals surface area contributed by atoms with Gasteiger partial charge in [-0.05, 0) is 5.92 Å². The summed E-state index contributed by atoms with van der Waals surface area (Å²) in [6.45, 7) is 3.81. The number of nitro groups is 1. The van der Waals surface area contributed by atoms with E-state index in [4.69, 9.17) is 11.6 Å². The van der Waals surface area contributed by atoms with E-state index in [0.717, 1.165) is 0 Å². The van der Waals surface area contributed by atoms with Crippen LogP contribution < -0.4 is 0 Å². The smallest absolute Gasteiger partial charge is 0.258 e. The maximum Gasteiger partial charge on any atom is 0.274 e. The molecule has 0 saturated heterocycles. The molecule has 0 fully saturated rings. The van der Waals surface area contributed by atoms with E-state index in [1.807, 2.05) is 13.8 Å². The largest absolute Gasteiger partial charge is 0.274 e. The molecule has 0 aliphatic rings. The van der Waals surface area contributed by atoms with Crippen molar-refractivity contribution in [2.24, 2.45) is 0 Å². The van der Waals surface area contributed by atoms with E-state index in [-0.39, 0.29) is 16.8 Å². The fourth-order valence-corrected chi connectivity index (χ4v) is 1.11. The molecule has 0 radical (unpaired) electrons. The molecule has 1 aromatic rings. The van der Waals surface area contributed by atoms with Gasteiger partial charge in [-0.25, -0.2) is 4.98 Å². The third-order valence-electron chi connectivity index (χ3n) is 1.60. The lowest BCUT2D eigenvalue weighted by atomic mass is 10.1. The normalized spacial score (nSPS) is 10.5.